The SMILES string of the molecule is N[C@@H](c1cccc(F)c1Br)C1CCCC1. The van der Waals surface area contributed by atoms with Crippen LogP contribution in [0, 0.1) is 11.7 Å². The molecule has 1 aliphatic rings. The van der Waals surface area contributed by atoms with Crippen LogP contribution in [0.2, 0.25) is 0 Å². The van der Waals surface area contributed by atoms with Crippen LogP contribution in [0.4, 0.5) is 4.39 Å². The molecule has 15 heavy (non-hydrogen) atoms. The van der Waals surface area contributed by atoms with Gasteiger partial charge in [-0.2, -0.15) is 0 Å². The van der Waals surface area contributed by atoms with Crippen LogP contribution in [0.5, 0.6) is 0 Å². The van der Waals surface area contributed by atoms with Crippen molar-refractivity contribution in [2.45, 2.75) is 31.7 Å². The third-order valence-electron chi connectivity index (χ3n) is 3.25. The van der Waals surface area contributed by atoms with E-state index < -0.39 is 0 Å². The van der Waals surface area contributed by atoms with E-state index in [0.29, 0.717) is 10.4 Å². The topological polar surface area (TPSA) is 26.0 Å². The molecule has 0 radical (unpaired) electrons. The molecule has 0 saturated heterocycles. The highest BCUT2D eigenvalue weighted by Crippen LogP contribution is 2.37. The van der Waals surface area contributed by atoms with E-state index in [9.17, 15) is 4.39 Å². The molecule has 82 valence electrons. The maximum Gasteiger partial charge on any atom is 0.137 e. The molecule has 1 aromatic rings. The highest BCUT2D eigenvalue weighted by molar-refractivity contribution is 9.10. The minimum Gasteiger partial charge on any atom is -0.324 e. The summed E-state index contributed by atoms with van der Waals surface area (Å²) in [5.41, 5.74) is 7.08. The molecule has 1 aromatic carbocycles. The normalized spacial score (nSPS) is 19.4. The van der Waals surface area contributed by atoms with E-state index in [2.05, 4.69) is 15.9 Å². The fraction of sp³-hybridized carbons (Fsp3) is 0.500. The highest BCUT2D eigenvalue weighted by Gasteiger charge is 2.25. The fourth-order valence-electron chi connectivity index (χ4n) is 2.35. The minimum absolute atomic E-state index is 0.0300. The van der Waals surface area contributed by atoms with Crippen molar-refractivity contribution >= 4 is 15.9 Å². The first-order valence-corrected chi connectivity index (χ1v) is 6.19. The third-order valence-corrected chi connectivity index (χ3v) is 4.08. The first kappa shape index (κ1) is 11.1. The molecule has 1 aliphatic carbocycles. The number of hydrogen-bond donors (Lipinski definition) is 1. The van der Waals surface area contributed by atoms with Crippen LogP contribution in [-0.2, 0) is 0 Å². The largest absolute Gasteiger partial charge is 0.324 e. The lowest BCUT2D eigenvalue weighted by atomic mass is 9.92. The second-order valence-corrected chi connectivity index (χ2v) is 5.01. The van der Waals surface area contributed by atoms with Crippen LogP contribution in [-0.4, -0.2) is 0 Å². The zero-order chi connectivity index (χ0) is 10.8. The highest BCUT2D eigenvalue weighted by atomic mass is 79.9. The summed E-state index contributed by atoms with van der Waals surface area (Å²) >= 11 is 3.27. The Hall–Kier alpha value is -0.410. The zero-order valence-electron chi connectivity index (χ0n) is 8.55. The Balaban J connectivity index is 2.24. The van der Waals surface area contributed by atoms with Crippen LogP contribution < -0.4 is 5.73 Å². The summed E-state index contributed by atoms with van der Waals surface area (Å²) < 4.78 is 13.9. The zero-order valence-corrected chi connectivity index (χ0v) is 10.1. The molecule has 1 saturated carbocycles. The van der Waals surface area contributed by atoms with E-state index in [1.165, 1.54) is 31.7 Å². The van der Waals surface area contributed by atoms with Crippen LogP contribution in [0.1, 0.15) is 37.3 Å². The predicted octanol–water partition coefficient (Wildman–Crippen LogP) is 3.78. The van der Waals surface area contributed by atoms with Gasteiger partial charge in [-0.1, -0.05) is 25.0 Å². The van der Waals surface area contributed by atoms with Crippen molar-refractivity contribution in [2.24, 2.45) is 11.7 Å². The van der Waals surface area contributed by atoms with E-state index in [0.717, 1.165) is 5.56 Å². The van der Waals surface area contributed by atoms with Crippen LogP contribution in [0.25, 0.3) is 0 Å². The van der Waals surface area contributed by atoms with Crippen LogP contribution in [0.15, 0.2) is 22.7 Å². The van der Waals surface area contributed by atoms with Crippen molar-refractivity contribution in [1.82, 2.24) is 0 Å². The predicted molar refractivity (Wildman–Crippen MR) is 63.0 cm³/mol. The first-order valence-electron chi connectivity index (χ1n) is 5.39. The Kier molecular flexibility index (Phi) is 3.42. The van der Waals surface area contributed by atoms with Gasteiger partial charge < -0.3 is 5.73 Å². The van der Waals surface area contributed by atoms with Gasteiger partial charge >= 0.3 is 0 Å². The Labute approximate surface area is 98.0 Å². The summed E-state index contributed by atoms with van der Waals surface area (Å²) in [4.78, 5) is 0. The van der Waals surface area contributed by atoms with Gasteiger partial charge in [0.15, 0.2) is 0 Å². The molecule has 2 N–H and O–H groups in total. The minimum atomic E-state index is -0.221. The van der Waals surface area contributed by atoms with E-state index in [4.69, 9.17) is 5.73 Å². The molecular weight excluding hydrogens is 257 g/mol. The monoisotopic (exact) mass is 271 g/mol. The number of halogens is 2. The summed E-state index contributed by atoms with van der Waals surface area (Å²) in [6.45, 7) is 0. The van der Waals surface area contributed by atoms with Crippen molar-refractivity contribution in [3.8, 4) is 0 Å². The molecule has 0 heterocycles. The van der Waals surface area contributed by atoms with Gasteiger partial charge in [0.25, 0.3) is 0 Å². The Morgan fingerprint density at radius 2 is 2.00 bits per heavy atom. The Morgan fingerprint density at radius 1 is 1.33 bits per heavy atom. The average molecular weight is 272 g/mol. The van der Waals surface area contributed by atoms with Crippen molar-refractivity contribution in [3.63, 3.8) is 0 Å². The molecule has 0 aliphatic heterocycles. The Morgan fingerprint density at radius 3 is 2.67 bits per heavy atom. The number of nitrogens with two attached hydrogens (primary N) is 1. The standard InChI is InChI=1S/C12H15BrFN/c13-11-9(6-3-7-10(11)14)12(15)8-4-1-2-5-8/h3,6-8,12H,1-2,4-5,15H2/t12-/m1/s1. The van der Waals surface area contributed by atoms with Gasteiger partial charge in [-0.15, -0.1) is 0 Å². The van der Waals surface area contributed by atoms with Gasteiger partial charge in [0.2, 0.25) is 0 Å². The second-order valence-electron chi connectivity index (χ2n) is 4.21. The van der Waals surface area contributed by atoms with Crippen molar-refractivity contribution in [3.05, 3.63) is 34.1 Å². The summed E-state index contributed by atoms with van der Waals surface area (Å²) in [6, 6.07) is 5.06. The average Bonchev–Trinajstić information content (AvgIpc) is 2.74. The van der Waals surface area contributed by atoms with E-state index in [1.807, 2.05) is 6.07 Å². The van der Waals surface area contributed by atoms with Crippen molar-refractivity contribution in [1.29, 1.82) is 0 Å². The molecule has 0 bridgehead atoms. The van der Waals surface area contributed by atoms with Gasteiger partial charge in [0.05, 0.1) is 4.47 Å². The summed E-state index contributed by atoms with van der Waals surface area (Å²) in [5.74, 6) is 0.295. The molecule has 1 fully saturated rings. The molecule has 0 unspecified atom stereocenters. The van der Waals surface area contributed by atoms with Crippen LogP contribution in [0.3, 0.4) is 0 Å². The van der Waals surface area contributed by atoms with E-state index in [-0.39, 0.29) is 11.9 Å². The molecule has 1 atom stereocenters. The smallest absolute Gasteiger partial charge is 0.137 e. The third kappa shape index (κ3) is 2.23. The molecule has 2 rings (SSSR count). The molecule has 0 spiro atoms. The molecule has 0 amide bonds. The van der Waals surface area contributed by atoms with Crippen LogP contribution >= 0.6 is 15.9 Å². The lowest BCUT2D eigenvalue weighted by Crippen LogP contribution is -2.19. The molecule has 0 aromatic heterocycles. The fourth-order valence-corrected chi connectivity index (χ4v) is 2.88. The van der Waals surface area contributed by atoms with E-state index in [1.54, 1.807) is 6.07 Å². The lowest BCUT2D eigenvalue weighted by Gasteiger charge is -2.20. The van der Waals surface area contributed by atoms with Gasteiger partial charge in [0.1, 0.15) is 5.82 Å². The first-order chi connectivity index (χ1) is 7.20. The van der Waals surface area contributed by atoms with Gasteiger partial charge in [-0.25, -0.2) is 4.39 Å². The van der Waals surface area contributed by atoms with Crippen molar-refractivity contribution < 1.29 is 4.39 Å². The summed E-state index contributed by atoms with van der Waals surface area (Å²) in [5, 5.41) is 0. The maximum absolute atomic E-state index is 13.3. The summed E-state index contributed by atoms with van der Waals surface area (Å²) in [7, 11) is 0. The number of benzene rings is 1. The summed E-state index contributed by atoms with van der Waals surface area (Å²) in [6.07, 6.45) is 4.85. The van der Waals surface area contributed by atoms with Gasteiger partial charge in [0, 0.05) is 6.04 Å². The molecular formula is C12H15BrFN. The molecule has 1 nitrogen and oxygen atoms in total. The number of hydrogen-bond acceptors (Lipinski definition) is 1. The van der Waals surface area contributed by atoms with E-state index >= 15 is 0 Å². The quantitative estimate of drug-likeness (QED) is 0.871. The Bertz CT molecular complexity index is 347. The maximum atomic E-state index is 13.3. The van der Waals surface area contributed by atoms with Crippen molar-refractivity contribution in [2.75, 3.05) is 0 Å². The number of rotatable bonds is 2. The molecule has 3 heteroatoms. The second kappa shape index (κ2) is 4.62. The lowest BCUT2D eigenvalue weighted by molar-refractivity contribution is 0.441. The van der Waals surface area contributed by atoms with Gasteiger partial charge in [-0.3, -0.25) is 0 Å². The van der Waals surface area contributed by atoms with Gasteiger partial charge in [-0.05, 0) is 46.3 Å².